The number of thioether (sulfide) groups is 1. The van der Waals surface area contributed by atoms with Crippen LogP contribution in [0.25, 0.3) is 22.0 Å². The first kappa shape index (κ1) is 16.0. The molecule has 1 aromatic carbocycles. The number of hydrogen-bond acceptors (Lipinski definition) is 7. The first-order valence-electron chi connectivity index (χ1n) is 7.68. The van der Waals surface area contributed by atoms with Crippen molar-refractivity contribution in [1.82, 2.24) is 20.1 Å². The Bertz CT molecular complexity index is 968. The molecule has 0 atom stereocenters. The highest BCUT2D eigenvalue weighted by atomic mass is 32.2. The minimum Gasteiger partial charge on any atom is -0.338 e. The molecule has 0 amide bonds. The Morgan fingerprint density at radius 3 is 2.72 bits per heavy atom. The second-order valence-corrected chi connectivity index (χ2v) is 7.21. The van der Waals surface area contributed by atoms with Crippen LogP contribution in [0.15, 0.2) is 63.6 Å². The molecule has 4 aromatic rings. The van der Waals surface area contributed by atoms with Crippen molar-refractivity contribution >= 4 is 23.1 Å². The van der Waals surface area contributed by atoms with E-state index in [4.69, 9.17) is 4.52 Å². The van der Waals surface area contributed by atoms with Gasteiger partial charge in [-0.05, 0) is 24.4 Å². The summed E-state index contributed by atoms with van der Waals surface area (Å²) in [5, 5.41) is 6.72. The first-order valence-corrected chi connectivity index (χ1v) is 9.55. The van der Waals surface area contributed by atoms with E-state index in [1.165, 1.54) is 11.8 Å². The van der Waals surface area contributed by atoms with Crippen LogP contribution in [0.1, 0.15) is 11.6 Å². The van der Waals surface area contributed by atoms with Gasteiger partial charge in [0.25, 0.3) is 0 Å². The second-order valence-electron chi connectivity index (χ2n) is 5.32. The SMILES string of the molecule is Cc1cc(-c2ccccc2)nc(SCc2nc(-c3cccs3)no2)n1. The number of aryl methyl sites for hydroxylation is 1. The topological polar surface area (TPSA) is 64.7 Å². The lowest BCUT2D eigenvalue weighted by Crippen LogP contribution is -1.94. The molecular formula is C18H14N4OS2. The van der Waals surface area contributed by atoms with Crippen molar-refractivity contribution in [2.24, 2.45) is 0 Å². The molecule has 0 bridgehead atoms. The lowest BCUT2D eigenvalue weighted by Gasteiger charge is -2.05. The molecule has 0 aliphatic carbocycles. The van der Waals surface area contributed by atoms with E-state index in [1.54, 1.807) is 11.3 Å². The van der Waals surface area contributed by atoms with Crippen molar-refractivity contribution in [2.75, 3.05) is 0 Å². The predicted octanol–water partition coefficient (Wildman–Crippen LogP) is 4.86. The largest absolute Gasteiger partial charge is 0.338 e. The highest BCUT2D eigenvalue weighted by Crippen LogP contribution is 2.26. The third-order valence-electron chi connectivity index (χ3n) is 3.44. The predicted molar refractivity (Wildman–Crippen MR) is 99.4 cm³/mol. The van der Waals surface area contributed by atoms with E-state index < -0.39 is 0 Å². The Labute approximate surface area is 153 Å². The number of thiophene rings is 1. The van der Waals surface area contributed by atoms with Crippen molar-refractivity contribution in [3.05, 3.63) is 65.5 Å². The lowest BCUT2D eigenvalue weighted by molar-refractivity contribution is 0.391. The number of aromatic nitrogens is 4. The maximum atomic E-state index is 5.32. The van der Waals surface area contributed by atoms with Crippen LogP contribution in [0, 0.1) is 6.92 Å². The van der Waals surface area contributed by atoms with E-state index in [9.17, 15) is 0 Å². The fourth-order valence-corrected chi connectivity index (χ4v) is 3.70. The summed E-state index contributed by atoms with van der Waals surface area (Å²) < 4.78 is 5.32. The maximum Gasteiger partial charge on any atom is 0.237 e. The molecule has 5 nitrogen and oxygen atoms in total. The van der Waals surface area contributed by atoms with Gasteiger partial charge in [-0.1, -0.05) is 53.3 Å². The van der Waals surface area contributed by atoms with E-state index in [0.29, 0.717) is 22.6 Å². The van der Waals surface area contributed by atoms with Crippen molar-refractivity contribution in [3.63, 3.8) is 0 Å². The molecule has 0 radical (unpaired) electrons. The van der Waals surface area contributed by atoms with Crippen LogP contribution in [0.2, 0.25) is 0 Å². The quantitative estimate of drug-likeness (QED) is 0.371. The smallest absolute Gasteiger partial charge is 0.237 e. The molecule has 124 valence electrons. The normalized spacial score (nSPS) is 10.9. The summed E-state index contributed by atoms with van der Waals surface area (Å²) in [6.45, 7) is 1.97. The van der Waals surface area contributed by atoms with Crippen LogP contribution < -0.4 is 0 Å². The second kappa shape index (κ2) is 7.16. The summed E-state index contributed by atoms with van der Waals surface area (Å²) in [7, 11) is 0. The van der Waals surface area contributed by atoms with Gasteiger partial charge in [0, 0.05) is 11.3 Å². The minimum absolute atomic E-state index is 0.538. The van der Waals surface area contributed by atoms with Gasteiger partial charge in [-0.15, -0.1) is 11.3 Å². The summed E-state index contributed by atoms with van der Waals surface area (Å²) in [4.78, 5) is 14.6. The van der Waals surface area contributed by atoms with E-state index in [-0.39, 0.29) is 0 Å². The number of rotatable bonds is 5. The Morgan fingerprint density at radius 1 is 1.04 bits per heavy atom. The Hall–Kier alpha value is -2.51. The van der Waals surface area contributed by atoms with Gasteiger partial charge in [0.1, 0.15) is 0 Å². The maximum absolute atomic E-state index is 5.32. The molecule has 0 saturated heterocycles. The average Bonchev–Trinajstić information content (AvgIpc) is 3.32. The zero-order chi connectivity index (χ0) is 17.1. The Kier molecular flexibility index (Phi) is 4.58. The molecule has 0 fully saturated rings. The fraction of sp³-hybridized carbons (Fsp3) is 0.111. The molecule has 4 rings (SSSR count). The van der Waals surface area contributed by atoms with E-state index in [1.807, 2.05) is 60.8 Å². The molecule has 0 saturated carbocycles. The summed E-state index contributed by atoms with van der Waals surface area (Å²) in [6, 6.07) is 16.0. The van der Waals surface area contributed by atoms with Gasteiger partial charge in [-0.3, -0.25) is 0 Å². The van der Waals surface area contributed by atoms with Crippen molar-refractivity contribution in [3.8, 4) is 22.0 Å². The standard InChI is InChI=1S/C18H14N4OS2/c1-12-10-14(13-6-3-2-4-7-13)20-18(19-12)25-11-16-21-17(22-23-16)15-8-5-9-24-15/h2-10H,11H2,1H3. The van der Waals surface area contributed by atoms with Crippen molar-refractivity contribution < 1.29 is 4.52 Å². The minimum atomic E-state index is 0.538. The molecule has 0 aliphatic rings. The molecule has 0 aliphatic heterocycles. The van der Waals surface area contributed by atoms with Crippen LogP contribution in [0.5, 0.6) is 0 Å². The van der Waals surface area contributed by atoms with Crippen molar-refractivity contribution in [2.45, 2.75) is 17.8 Å². The molecule has 3 aromatic heterocycles. The molecule has 0 unspecified atom stereocenters. The first-order chi connectivity index (χ1) is 12.3. The van der Waals surface area contributed by atoms with Crippen LogP contribution in [0.4, 0.5) is 0 Å². The third kappa shape index (κ3) is 3.78. The molecule has 3 heterocycles. The van der Waals surface area contributed by atoms with Crippen LogP contribution >= 0.6 is 23.1 Å². The van der Waals surface area contributed by atoms with Gasteiger partial charge in [-0.2, -0.15) is 4.98 Å². The van der Waals surface area contributed by atoms with Gasteiger partial charge < -0.3 is 4.52 Å². The summed E-state index contributed by atoms with van der Waals surface area (Å²) in [5.41, 5.74) is 2.93. The fourth-order valence-electron chi connectivity index (χ4n) is 2.31. The van der Waals surface area contributed by atoms with E-state index >= 15 is 0 Å². The van der Waals surface area contributed by atoms with Crippen molar-refractivity contribution in [1.29, 1.82) is 0 Å². The van der Waals surface area contributed by atoms with Gasteiger partial charge in [0.2, 0.25) is 11.7 Å². The average molecular weight is 366 g/mol. The summed E-state index contributed by atoms with van der Waals surface area (Å²) in [6.07, 6.45) is 0. The molecule has 25 heavy (non-hydrogen) atoms. The summed E-state index contributed by atoms with van der Waals surface area (Å²) in [5.74, 6) is 1.73. The highest BCUT2D eigenvalue weighted by Gasteiger charge is 2.11. The molecular weight excluding hydrogens is 352 g/mol. The molecule has 0 spiro atoms. The summed E-state index contributed by atoms with van der Waals surface area (Å²) >= 11 is 3.08. The zero-order valence-corrected chi connectivity index (χ0v) is 15.0. The van der Waals surface area contributed by atoms with E-state index in [0.717, 1.165) is 21.8 Å². The Balaban J connectivity index is 1.51. The van der Waals surface area contributed by atoms with Crippen LogP contribution in [-0.2, 0) is 5.75 Å². The highest BCUT2D eigenvalue weighted by molar-refractivity contribution is 7.98. The van der Waals surface area contributed by atoms with Gasteiger partial charge in [-0.25, -0.2) is 9.97 Å². The lowest BCUT2D eigenvalue weighted by atomic mass is 10.1. The zero-order valence-electron chi connectivity index (χ0n) is 13.4. The number of hydrogen-bond donors (Lipinski definition) is 0. The van der Waals surface area contributed by atoms with Crippen LogP contribution in [0.3, 0.4) is 0 Å². The molecule has 0 N–H and O–H groups in total. The number of nitrogens with zero attached hydrogens (tertiary/aromatic N) is 4. The van der Waals surface area contributed by atoms with E-state index in [2.05, 4.69) is 20.1 Å². The monoisotopic (exact) mass is 366 g/mol. The Morgan fingerprint density at radius 2 is 1.92 bits per heavy atom. The van der Waals surface area contributed by atoms with Gasteiger partial charge >= 0.3 is 0 Å². The molecule has 7 heteroatoms. The number of benzene rings is 1. The third-order valence-corrected chi connectivity index (χ3v) is 5.14. The van der Waals surface area contributed by atoms with Gasteiger partial charge in [0.05, 0.1) is 16.3 Å². The van der Waals surface area contributed by atoms with Gasteiger partial charge in [0.15, 0.2) is 5.16 Å². The van der Waals surface area contributed by atoms with Crippen LogP contribution in [-0.4, -0.2) is 20.1 Å².